The van der Waals surface area contributed by atoms with Gasteiger partial charge in [-0.25, -0.2) is 8.42 Å². The normalized spacial score (nSPS) is 16.4. The molecule has 0 bridgehead atoms. The van der Waals surface area contributed by atoms with Crippen molar-refractivity contribution in [3.8, 4) is 0 Å². The standard InChI is InChI=1S/C12H14ClNO4S/c1-9-6-10(8-11(7-9)19(13,16)17)12(15)14-2-4-18-5-3-14/h6-8H,2-5H2,1H3. The molecule has 0 N–H and O–H groups in total. The van der Waals surface area contributed by atoms with Crippen molar-refractivity contribution >= 4 is 25.6 Å². The second kappa shape index (κ2) is 5.48. The van der Waals surface area contributed by atoms with E-state index < -0.39 is 9.05 Å². The number of carbonyl (C=O) groups is 1. The van der Waals surface area contributed by atoms with E-state index >= 15 is 0 Å². The van der Waals surface area contributed by atoms with E-state index in [4.69, 9.17) is 15.4 Å². The number of hydrogen-bond donors (Lipinski definition) is 0. The van der Waals surface area contributed by atoms with Gasteiger partial charge in [0.15, 0.2) is 0 Å². The average molecular weight is 304 g/mol. The molecule has 1 aliphatic heterocycles. The summed E-state index contributed by atoms with van der Waals surface area (Å²) in [6.45, 7) is 3.74. The van der Waals surface area contributed by atoms with Crippen molar-refractivity contribution < 1.29 is 17.9 Å². The van der Waals surface area contributed by atoms with E-state index in [-0.39, 0.29) is 10.8 Å². The zero-order chi connectivity index (χ0) is 14.0. The first kappa shape index (κ1) is 14.3. The lowest BCUT2D eigenvalue weighted by atomic mass is 10.1. The predicted octanol–water partition coefficient (Wildman–Crippen LogP) is 1.39. The predicted molar refractivity (Wildman–Crippen MR) is 70.9 cm³/mol. The molecule has 5 nitrogen and oxygen atoms in total. The Morgan fingerprint density at radius 1 is 1.26 bits per heavy atom. The topological polar surface area (TPSA) is 63.7 Å². The van der Waals surface area contributed by atoms with Gasteiger partial charge in [0.1, 0.15) is 0 Å². The number of amides is 1. The van der Waals surface area contributed by atoms with Crippen LogP contribution in [0.3, 0.4) is 0 Å². The van der Waals surface area contributed by atoms with Gasteiger partial charge in [0.25, 0.3) is 15.0 Å². The Hall–Kier alpha value is -1.11. The molecule has 1 fully saturated rings. The molecule has 0 saturated carbocycles. The van der Waals surface area contributed by atoms with Crippen LogP contribution in [-0.2, 0) is 13.8 Å². The molecule has 7 heteroatoms. The van der Waals surface area contributed by atoms with Crippen molar-refractivity contribution in [2.24, 2.45) is 0 Å². The van der Waals surface area contributed by atoms with Crippen molar-refractivity contribution in [1.29, 1.82) is 0 Å². The van der Waals surface area contributed by atoms with E-state index in [0.717, 1.165) is 0 Å². The van der Waals surface area contributed by atoms with Crippen LogP contribution in [0.4, 0.5) is 0 Å². The van der Waals surface area contributed by atoms with E-state index in [2.05, 4.69) is 0 Å². The van der Waals surface area contributed by atoms with Crippen molar-refractivity contribution in [1.82, 2.24) is 4.90 Å². The van der Waals surface area contributed by atoms with Crippen LogP contribution in [0.25, 0.3) is 0 Å². The highest BCUT2D eigenvalue weighted by atomic mass is 35.7. The molecule has 0 unspecified atom stereocenters. The molecule has 0 spiro atoms. The number of ether oxygens (including phenoxy) is 1. The Morgan fingerprint density at radius 2 is 1.89 bits per heavy atom. The Kier molecular flexibility index (Phi) is 4.13. The van der Waals surface area contributed by atoms with Crippen LogP contribution in [0.2, 0.25) is 0 Å². The first-order valence-corrected chi connectivity index (χ1v) is 8.12. The third-order valence-electron chi connectivity index (χ3n) is 2.88. The maximum atomic E-state index is 12.3. The highest BCUT2D eigenvalue weighted by Gasteiger charge is 2.21. The first-order valence-electron chi connectivity index (χ1n) is 5.81. The monoisotopic (exact) mass is 303 g/mol. The first-order chi connectivity index (χ1) is 8.88. The number of hydrogen-bond acceptors (Lipinski definition) is 4. The molecule has 19 heavy (non-hydrogen) atoms. The Morgan fingerprint density at radius 3 is 2.47 bits per heavy atom. The minimum absolute atomic E-state index is 0.0502. The van der Waals surface area contributed by atoms with E-state index in [1.807, 2.05) is 0 Å². The molecular weight excluding hydrogens is 290 g/mol. The average Bonchev–Trinajstić information content (AvgIpc) is 2.37. The van der Waals surface area contributed by atoms with Gasteiger partial charge in [0.05, 0.1) is 18.1 Å². The summed E-state index contributed by atoms with van der Waals surface area (Å²) in [7, 11) is 1.49. The van der Waals surface area contributed by atoms with Gasteiger partial charge in [-0.2, -0.15) is 0 Å². The number of nitrogens with zero attached hydrogens (tertiary/aromatic N) is 1. The molecule has 0 radical (unpaired) electrons. The van der Waals surface area contributed by atoms with Crippen LogP contribution in [0.5, 0.6) is 0 Å². The summed E-state index contributed by atoms with van der Waals surface area (Å²) in [5, 5.41) is 0. The van der Waals surface area contributed by atoms with Crippen LogP contribution in [0.1, 0.15) is 15.9 Å². The molecule has 1 heterocycles. The second-order valence-corrected chi connectivity index (χ2v) is 6.94. The molecule has 2 rings (SSSR count). The van der Waals surface area contributed by atoms with Gasteiger partial charge in [0, 0.05) is 29.3 Å². The highest BCUT2D eigenvalue weighted by molar-refractivity contribution is 8.13. The molecule has 104 valence electrons. The third kappa shape index (κ3) is 3.46. The molecular formula is C12H14ClNO4S. The van der Waals surface area contributed by atoms with E-state index in [1.54, 1.807) is 17.9 Å². The van der Waals surface area contributed by atoms with Gasteiger partial charge in [0.2, 0.25) is 0 Å². The summed E-state index contributed by atoms with van der Waals surface area (Å²) in [6.07, 6.45) is 0. The summed E-state index contributed by atoms with van der Waals surface area (Å²) >= 11 is 0. The zero-order valence-electron chi connectivity index (χ0n) is 10.4. The number of rotatable bonds is 2. The second-order valence-electron chi connectivity index (χ2n) is 4.38. The molecule has 1 aliphatic rings. The maximum Gasteiger partial charge on any atom is 0.261 e. The van der Waals surface area contributed by atoms with Crippen molar-refractivity contribution in [3.63, 3.8) is 0 Å². The molecule has 1 aromatic rings. The number of morpholine rings is 1. The lowest BCUT2D eigenvalue weighted by Gasteiger charge is -2.27. The number of halogens is 1. The summed E-state index contributed by atoms with van der Waals surface area (Å²) < 4.78 is 27.9. The summed E-state index contributed by atoms with van der Waals surface area (Å²) in [4.78, 5) is 13.9. The Bertz CT molecular complexity index is 594. The van der Waals surface area contributed by atoms with Crippen molar-refractivity contribution in [3.05, 3.63) is 29.3 Å². The third-order valence-corrected chi connectivity index (χ3v) is 4.21. The lowest BCUT2D eigenvalue weighted by Crippen LogP contribution is -2.40. The number of carbonyl (C=O) groups excluding carboxylic acids is 1. The summed E-state index contributed by atoms with van der Waals surface area (Å²) in [5.41, 5.74) is 1.01. The van der Waals surface area contributed by atoms with Crippen LogP contribution >= 0.6 is 10.7 Å². The van der Waals surface area contributed by atoms with Crippen LogP contribution in [-0.4, -0.2) is 45.5 Å². The Labute approximate surface area is 116 Å². The number of benzene rings is 1. The van der Waals surface area contributed by atoms with Gasteiger partial charge < -0.3 is 9.64 Å². The highest BCUT2D eigenvalue weighted by Crippen LogP contribution is 2.20. The minimum Gasteiger partial charge on any atom is -0.378 e. The van der Waals surface area contributed by atoms with Crippen LogP contribution < -0.4 is 0 Å². The lowest BCUT2D eigenvalue weighted by molar-refractivity contribution is 0.0302. The molecule has 0 atom stereocenters. The largest absolute Gasteiger partial charge is 0.378 e. The smallest absolute Gasteiger partial charge is 0.261 e. The fraction of sp³-hybridized carbons (Fsp3) is 0.417. The molecule has 0 aliphatic carbocycles. The van der Waals surface area contributed by atoms with Gasteiger partial charge >= 0.3 is 0 Å². The molecule has 1 aromatic carbocycles. The molecule has 1 amide bonds. The molecule has 1 saturated heterocycles. The van der Waals surface area contributed by atoms with E-state index in [0.29, 0.717) is 37.4 Å². The molecule has 0 aromatic heterocycles. The van der Waals surface area contributed by atoms with Gasteiger partial charge in [-0.15, -0.1) is 0 Å². The maximum absolute atomic E-state index is 12.3. The van der Waals surface area contributed by atoms with Gasteiger partial charge in [-0.3, -0.25) is 4.79 Å². The van der Waals surface area contributed by atoms with Crippen LogP contribution in [0.15, 0.2) is 23.1 Å². The van der Waals surface area contributed by atoms with E-state index in [1.165, 1.54) is 12.1 Å². The Balaban J connectivity index is 2.34. The quantitative estimate of drug-likeness (QED) is 0.775. The summed E-state index contributed by atoms with van der Waals surface area (Å²) in [5.74, 6) is -0.200. The summed E-state index contributed by atoms with van der Waals surface area (Å²) in [6, 6.07) is 4.41. The zero-order valence-corrected chi connectivity index (χ0v) is 12.0. The fourth-order valence-corrected chi connectivity index (χ4v) is 2.82. The SMILES string of the molecule is Cc1cc(C(=O)N2CCOCC2)cc(S(=O)(=O)Cl)c1. The van der Waals surface area contributed by atoms with Gasteiger partial charge in [-0.05, 0) is 30.7 Å². The number of aryl methyl sites for hydroxylation is 1. The fourth-order valence-electron chi connectivity index (χ4n) is 1.96. The minimum atomic E-state index is -3.84. The van der Waals surface area contributed by atoms with Crippen molar-refractivity contribution in [2.75, 3.05) is 26.3 Å². The van der Waals surface area contributed by atoms with Crippen LogP contribution in [0, 0.1) is 6.92 Å². The van der Waals surface area contributed by atoms with Crippen molar-refractivity contribution in [2.45, 2.75) is 11.8 Å². The van der Waals surface area contributed by atoms with Gasteiger partial charge in [-0.1, -0.05) is 0 Å². The van der Waals surface area contributed by atoms with E-state index in [9.17, 15) is 13.2 Å².